The summed E-state index contributed by atoms with van der Waals surface area (Å²) in [4.78, 5) is 3.39. The third-order valence-electron chi connectivity index (χ3n) is 9.94. The van der Waals surface area contributed by atoms with Crippen molar-refractivity contribution in [3.05, 3.63) is 148 Å². The number of nitrogens with zero attached hydrogens (tertiary/aromatic N) is 4. The summed E-state index contributed by atoms with van der Waals surface area (Å²) < 4.78 is 132. The fraction of sp³-hybridized carbons (Fsp3) is 0.116. The van der Waals surface area contributed by atoms with Crippen molar-refractivity contribution in [2.75, 3.05) is 0 Å². The Labute approximate surface area is 311 Å². The molecule has 0 saturated heterocycles. The van der Waals surface area contributed by atoms with Gasteiger partial charge in [0, 0.05) is 21.5 Å². The van der Waals surface area contributed by atoms with Crippen LogP contribution < -0.4 is 0 Å². The van der Waals surface area contributed by atoms with E-state index in [-0.39, 0.29) is 50.0 Å². The fourth-order valence-electron chi connectivity index (χ4n) is 7.54. The van der Waals surface area contributed by atoms with Gasteiger partial charge in [-0.3, -0.25) is 0 Å². The van der Waals surface area contributed by atoms with Gasteiger partial charge in [-0.15, -0.1) is 0 Å². The molecule has 0 aliphatic carbocycles. The van der Waals surface area contributed by atoms with E-state index < -0.39 is 40.8 Å². The van der Waals surface area contributed by atoms with Crippen molar-refractivity contribution in [1.82, 2.24) is 9.13 Å². The third-order valence-corrected chi connectivity index (χ3v) is 9.94. The molecule has 2 aromatic heterocycles. The molecule has 0 spiro atoms. The molecular formula is C43H23F9N4. The van der Waals surface area contributed by atoms with Crippen LogP contribution in [0.2, 0.25) is 0 Å². The Bertz CT molecular complexity index is 2910. The molecule has 0 aliphatic heterocycles. The minimum Gasteiger partial charge on any atom is -0.308 e. The lowest BCUT2D eigenvalue weighted by atomic mass is 9.94. The minimum atomic E-state index is -4.96. The number of aromatic nitrogens is 2. The van der Waals surface area contributed by atoms with Crippen LogP contribution in [0, 0.1) is 31.8 Å². The molecule has 0 unspecified atom stereocenters. The Morgan fingerprint density at radius 1 is 0.554 bits per heavy atom. The first-order valence-electron chi connectivity index (χ1n) is 16.8. The molecule has 0 aliphatic rings. The Kier molecular flexibility index (Phi) is 8.03. The highest BCUT2D eigenvalue weighted by molar-refractivity contribution is 6.12. The number of hydrogen-bond donors (Lipinski definition) is 0. The van der Waals surface area contributed by atoms with E-state index in [4.69, 9.17) is 6.57 Å². The highest BCUT2D eigenvalue weighted by Gasteiger charge is 2.36. The quantitative estimate of drug-likeness (QED) is 0.130. The van der Waals surface area contributed by atoms with Gasteiger partial charge in [-0.25, -0.2) is 4.85 Å². The van der Waals surface area contributed by atoms with Crippen molar-refractivity contribution in [2.24, 2.45) is 0 Å². The zero-order chi connectivity index (χ0) is 40.1. The summed E-state index contributed by atoms with van der Waals surface area (Å²) in [6.07, 6.45) is -14.7. The first kappa shape index (κ1) is 36.3. The van der Waals surface area contributed by atoms with Crippen LogP contribution in [0.25, 0.3) is 71.0 Å². The molecule has 0 amide bonds. The van der Waals surface area contributed by atoms with Gasteiger partial charge in [0.25, 0.3) is 0 Å². The van der Waals surface area contributed by atoms with E-state index >= 15 is 0 Å². The number of benzene rings is 6. The highest BCUT2D eigenvalue weighted by Crippen LogP contribution is 2.47. The van der Waals surface area contributed by atoms with E-state index in [1.54, 1.807) is 16.7 Å². The lowest BCUT2D eigenvalue weighted by molar-refractivity contribution is -0.138. The molecule has 0 bridgehead atoms. The molecule has 0 atom stereocenters. The second-order valence-corrected chi connectivity index (χ2v) is 13.5. The Morgan fingerprint density at radius 3 is 1.38 bits per heavy atom. The molecule has 2 heterocycles. The second kappa shape index (κ2) is 12.4. The van der Waals surface area contributed by atoms with Gasteiger partial charge in [0.15, 0.2) is 5.69 Å². The molecule has 278 valence electrons. The van der Waals surface area contributed by atoms with Crippen LogP contribution in [-0.4, -0.2) is 9.13 Å². The molecule has 0 N–H and O–H groups in total. The highest BCUT2D eigenvalue weighted by atomic mass is 19.4. The minimum absolute atomic E-state index is 0.0464. The van der Waals surface area contributed by atoms with Gasteiger partial charge in [0.1, 0.15) is 11.6 Å². The number of rotatable bonds is 3. The van der Waals surface area contributed by atoms with Crippen LogP contribution in [0.3, 0.4) is 0 Å². The Morgan fingerprint density at radius 2 is 0.982 bits per heavy atom. The zero-order valence-corrected chi connectivity index (χ0v) is 29.0. The molecule has 13 heteroatoms. The van der Waals surface area contributed by atoms with Crippen LogP contribution in [0.5, 0.6) is 0 Å². The lowest BCUT2D eigenvalue weighted by Crippen LogP contribution is -2.09. The maximum absolute atomic E-state index is 14.8. The Balaban J connectivity index is 1.60. The normalized spacial score (nSPS) is 12.5. The third kappa shape index (κ3) is 5.70. The monoisotopic (exact) mass is 766 g/mol. The summed E-state index contributed by atoms with van der Waals surface area (Å²) in [5.41, 5.74) is -1.90. The lowest BCUT2D eigenvalue weighted by Gasteiger charge is -2.21. The average molecular weight is 767 g/mol. The van der Waals surface area contributed by atoms with Crippen molar-refractivity contribution < 1.29 is 39.5 Å². The molecule has 0 fully saturated rings. The van der Waals surface area contributed by atoms with Crippen LogP contribution >= 0.6 is 0 Å². The van der Waals surface area contributed by atoms with Crippen molar-refractivity contribution in [3.8, 4) is 28.6 Å². The maximum atomic E-state index is 14.8. The zero-order valence-electron chi connectivity index (χ0n) is 29.0. The average Bonchev–Trinajstić information content (AvgIpc) is 3.63. The molecule has 56 heavy (non-hydrogen) atoms. The molecular weight excluding hydrogens is 743 g/mol. The standard InChI is InChI=1S/C43H23F9N4/c1-22-7-11-34-27(15-22)28-16-23(2)8-12-35(28)55(34)38-17-24(40-32(43(50,51)52)5-4-6-33(40)54-3)18-39(31(38)21-53)56-36-13-9-25(41(44,45)46)19-29(36)30-20-26(42(47,48)49)10-14-37(30)56/h4-20H,1-2H3. The Hall–Kier alpha value is -6.73. The number of hydrogen-bond acceptors (Lipinski definition) is 1. The number of aryl methyl sites for hydroxylation is 2. The van der Waals surface area contributed by atoms with Crippen LogP contribution in [0.1, 0.15) is 33.4 Å². The van der Waals surface area contributed by atoms with Gasteiger partial charge in [-0.2, -0.15) is 44.8 Å². The summed E-state index contributed by atoms with van der Waals surface area (Å²) in [5.74, 6) is 0. The topological polar surface area (TPSA) is 38.0 Å². The summed E-state index contributed by atoms with van der Waals surface area (Å²) in [6, 6.07) is 23.9. The van der Waals surface area contributed by atoms with Gasteiger partial charge >= 0.3 is 18.5 Å². The number of nitriles is 1. The van der Waals surface area contributed by atoms with Gasteiger partial charge in [0.2, 0.25) is 0 Å². The first-order valence-corrected chi connectivity index (χ1v) is 16.8. The van der Waals surface area contributed by atoms with Crippen LogP contribution in [0.4, 0.5) is 45.2 Å². The van der Waals surface area contributed by atoms with Crippen LogP contribution in [0.15, 0.2) is 103 Å². The van der Waals surface area contributed by atoms with E-state index in [1.807, 2.05) is 38.1 Å². The van der Waals surface area contributed by atoms with E-state index in [0.717, 1.165) is 58.3 Å². The number of halogens is 9. The summed E-state index contributed by atoms with van der Waals surface area (Å²) >= 11 is 0. The van der Waals surface area contributed by atoms with E-state index in [2.05, 4.69) is 10.9 Å². The smallest absolute Gasteiger partial charge is 0.308 e. The van der Waals surface area contributed by atoms with E-state index in [1.165, 1.54) is 22.8 Å². The second-order valence-electron chi connectivity index (χ2n) is 13.5. The van der Waals surface area contributed by atoms with Gasteiger partial charge in [-0.1, -0.05) is 41.5 Å². The molecule has 0 radical (unpaired) electrons. The predicted octanol–water partition coefficient (Wildman–Crippen LogP) is 13.6. The van der Waals surface area contributed by atoms with E-state index in [0.29, 0.717) is 23.2 Å². The molecule has 4 nitrogen and oxygen atoms in total. The summed E-state index contributed by atoms with van der Waals surface area (Å²) in [6.45, 7) is 11.6. The first-order chi connectivity index (χ1) is 26.4. The van der Waals surface area contributed by atoms with Gasteiger partial charge in [-0.05, 0) is 97.8 Å². The molecule has 0 saturated carbocycles. The van der Waals surface area contributed by atoms with Gasteiger partial charge < -0.3 is 9.13 Å². The maximum Gasteiger partial charge on any atom is 0.416 e. The SMILES string of the molecule is [C-]#[N+]c1cccc(C(F)(F)F)c1-c1cc(-n2c3ccc(C)cc3c3cc(C)ccc32)c(C#N)c(-n2c3ccc(C(F)(F)F)cc3c3cc(C(F)(F)F)ccc32)c1. The number of fused-ring (bicyclic) bond motifs is 6. The van der Waals surface area contributed by atoms with Crippen molar-refractivity contribution in [2.45, 2.75) is 32.4 Å². The van der Waals surface area contributed by atoms with Crippen molar-refractivity contribution >= 4 is 49.3 Å². The largest absolute Gasteiger partial charge is 0.416 e. The van der Waals surface area contributed by atoms with E-state index in [9.17, 15) is 44.8 Å². The molecule has 6 aromatic carbocycles. The van der Waals surface area contributed by atoms with Gasteiger partial charge in [0.05, 0.1) is 56.7 Å². The predicted molar refractivity (Wildman–Crippen MR) is 196 cm³/mol. The van der Waals surface area contributed by atoms with Crippen LogP contribution in [-0.2, 0) is 18.5 Å². The fourth-order valence-corrected chi connectivity index (χ4v) is 7.54. The summed E-state index contributed by atoms with van der Waals surface area (Å²) in [5, 5.41) is 12.1. The van der Waals surface area contributed by atoms with Crippen molar-refractivity contribution in [3.63, 3.8) is 0 Å². The number of alkyl halides is 9. The van der Waals surface area contributed by atoms with Crippen molar-refractivity contribution in [1.29, 1.82) is 5.26 Å². The summed E-state index contributed by atoms with van der Waals surface area (Å²) in [7, 11) is 0. The molecule has 8 aromatic rings. The molecule has 8 rings (SSSR count).